The monoisotopic (exact) mass is 1110 g/mol. The minimum atomic E-state index is -0.354. The van der Waals surface area contributed by atoms with Crippen LogP contribution in [0.4, 0.5) is 45.5 Å². The third kappa shape index (κ3) is 8.14. The van der Waals surface area contributed by atoms with E-state index in [4.69, 9.17) is 0 Å². The topological polar surface area (TPSA) is 9.72 Å². The Morgan fingerprint density at radius 3 is 1.71 bits per heavy atom. The van der Waals surface area contributed by atoms with Crippen molar-refractivity contribution in [3.05, 3.63) is 227 Å². The van der Waals surface area contributed by atoms with Crippen LogP contribution in [0.2, 0.25) is 0 Å². The predicted molar refractivity (Wildman–Crippen MR) is 365 cm³/mol. The van der Waals surface area contributed by atoms with Crippen LogP contribution in [-0.4, -0.2) is 12.3 Å². The van der Waals surface area contributed by atoms with E-state index in [9.17, 15) is 0 Å². The summed E-state index contributed by atoms with van der Waals surface area (Å²) in [5, 5.41) is 0. The maximum absolute atomic E-state index is 3.40. The van der Waals surface area contributed by atoms with Crippen LogP contribution in [0.5, 0.6) is 0 Å². The van der Waals surface area contributed by atoms with Crippen LogP contribution in [-0.2, 0) is 21.7 Å². The molecular weight excluding hydrogens is 1030 g/mol. The van der Waals surface area contributed by atoms with Gasteiger partial charge in [0.15, 0.2) is 0 Å². The third-order valence-corrected chi connectivity index (χ3v) is 22.5. The van der Waals surface area contributed by atoms with Gasteiger partial charge >= 0.3 is 0 Å². The summed E-state index contributed by atoms with van der Waals surface area (Å²) < 4.78 is 0. The highest BCUT2D eigenvalue weighted by Crippen LogP contribution is 2.72. The summed E-state index contributed by atoms with van der Waals surface area (Å²) in [6.45, 7) is 37.1. The fourth-order valence-electron chi connectivity index (χ4n) is 16.6. The van der Waals surface area contributed by atoms with E-state index in [0.29, 0.717) is 5.92 Å². The second-order valence-corrected chi connectivity index (χ2v) is 30.4. The van der Waals surface area contributed by atoms with Gasteiger partial charge in [-0.3, -0.25) is 0 Å². The lowest BCUT2D eigenvalue weighted by atomic mass is 9.33. The van der Waals surface area contributed by atoms with Gasteiger partial charge in [-0.25, -0.2) is 0 Å². The fraction of sp³-hybridized carbons (Fsp3) is 0.333. The average Bonchev–Trinajstić information content (AvgIpc) is 1.60. The van der Waals surface area contributed by atoms with Crippen molar-refractivity contribution in [3.8, 4) is 22.3 Å². The standard InChI is InChI=1S/C81H84BN3/c1-52-41-42-77(8,9)64-51-67-71(50-62(52)64)84(68-39-34-58(75(2,3)4)46-63(68)56-29-23-18-24-30-56)73-49-61(85-69-40-35-59(76(5,6)7)47-65(69)80(14)78(10,11)43-44-79(12,13)81(80,85)15)48-72-74(73)82(67)66-45-57(54-27-21-17-22-28-54)33-38-70(66)83(72)60-36-31-55(32-37-60)53-25-19-16-20-26-53/h16-17,19-23,25-40,45-52H,41-44H2,1-15H3. The summed E-state index contributed by atoms with van der Waals surface area (Å²) in [6, 6.07) is 64.3. The Morgan fingerprint density at radius 2 is 1.06 bits per heavy atom. The van der Waals surface area contributed by atoms with Crippen molar-refractivity contribution >= 4 is 74.2 Å². The Kier molecular flexibility index (Phi) is 12.3. The van der Waals surface area contributed by atoms with Gasteiger partial charge in [-0.2, -0.15) is 0 Å². The maximum Gasteiger partial charge on any atom is 0.252 e. The van der Waals surface area contributed by atoms with Crippen LogP contribution in [0.15, 0.2) is 193 Å². The molecule has 3 aliphatic heterocycles. The second kappa shape index (κ2) is 18.9. The summed E-state index contributed by atoms with van der Waals surface area (Å²) in [6.07, 6.45) is 11.0. The first-order valence-electron chi connectivity index (χ1n) is 31.6. The molecule has 8 aromatic carbocycles. The minimum Gasteiger partial charge on any atom is -0.334 e. The Hall–Kier alpha value is -7.74. The van der Waals surface area contributed by atoms with E-state index in [0.717, 1.165) is 36.9 Å². The zero-order valence-corrected chi connectivity index (χ0v) is 53.1. The van der Waals surface area contributed by atoms with Crippen LogP contribution in [0.25, 0.3) is 27.8 Å². The van der Waals surface area contributed by atoms with E-state index < -0.39 is 0 Å². The molecule has 1 fully saturated rings. The smallest absolute Gasteiger partial charge is 0.252 e. The van der Waals surface area contributed by atoms with Gasteiger partial charge in [-0.15, -0.1) is 0 Å². The van der Waals surface area contributed by atoms with Crippen LogP contribution in [0.1, 0.15) is 169 Å². The first-order chi connectivity index (χ1) is 40.3. The molecule has 3 aliphatic carbocycles. The Morgan fingerprint density at radius 1 is 0.482 bits per heavy atom. The molecule has 4 heteroatoms. The molecule has 6 aliphatic rings. The number of allylic oxidation sites excluding steroid dienone is 4. The van der Waals surface area contributed by atoms with E-state index in [1.165, 1.54) is 112 Å². The molecule has 0 radical (unpaired) electrons. The molecule has 3 atom stereocenters. The molecule has 3 heterocycles. The van der Waals surface area contributed by atoms with Crippen molar-refractivity contribution in [1.82, 2.24) is 0 Å². The van der Waals surface area contributed by atoms with Crippen molar-refractivity contribution in [1.29, 1.82) is 0 Å². The first kappa shape index (κ1) is 55.2. The normalized spacial score (nSPS) is 21.8. The molecule has 85 heavy (non-hydrogen) atoms. The van der Waals surface area contributed by atoms with Crippen LogP contribution in [0.3, 0.4) is 0 Å². The van der Waals surface area contributed by atoms with Gasteiger partial charge in [0.2, 0.25) is 0 Å². The number of anilines is 8. The summed E-state index contributed by atoms with van der Waals surface area (Å²) in [7, 11) is 0. The number of rotatable bonds is 6. The highest BCUT2D eigenvalue weighted by atomic mass is 15.3. The van der Waals surface area contributed by atoms with Crippen LogP contribution < -0.4 is 31.1 Å². The van der Waals surface area contributed by atoms with Gasteiger partial charge < -0.3 is 14.7 Å². The molecule has 0 spiro atoms. The van der Waals surface area contributed by atoms with Gasteiger partial charge in [0, 0.05) is 50.8 Å². The molecule has 0 bridgehead atoms. The van der Waals surface area contributed by atoms with Crippen LogP contribution >= 0.6 is 0 Å². The number of benzene rings is 8. The lowest BCUT2D eigenvalue weighted by Gasteiger charge is -2.65. The second-order valence-electron chi connectivity index (χ2n) is 30.4. The Balaban J connectivity index is 1.15. The van der Waals surface area contributed by atoms with Crippen molar-refractivity contribution in [3.63, 3.8) is 0 Å². The van der Waals surface area contributed by atoms with Gasteiger partial charge in [0.1, 0.15) is 0 Å². The number of hydrogen-bond acceptors (Lipinski definition) is 3. The quantitative estimate of drug-likeness (QED) is 0.121. The molecule has 14 rings (SSSR count). The average molecular weight is 1110 g/mol. The summed E-state index contributed by atoms with van der Waals surface area (Å²) in [5.74, 6) is 0.409. The molecule has 0 aromatic heterocycles. The molecule has 3 nitrogen and oxygen atoms in total. The number of nitrogens with zero attached hydrogens (tertiary/aromatic N) is 3. The lowest BCUT2D eigenvalue weighted by Crippen LogP contribution is -2.69. The molecule has 8 aromatic rings. The van der Waals surface area contributed by atoms with E-state index in [2.05, 4.69) is 306 Å². The highest BCUT2D eigenvalue weighted by Gasteiger charge is 2.70. The van der Waals surface area contributed by atoms with Gasteiger partial charge in [0.25, 0.3) is 6.71 Å². The van der Waals surface area contributed by atoms with Crippen molar-refractivity contribution in [2.24, 2.45) is 10.8 Å². The highest BCUT2D eigenvalue weighted by molar-refractivity contribution is 7.00. The fourth-order valence-corrected chi connectivity index (χ4v) is 16.6. The summed E-state index contributed by atoms with van der Waals surface area (Å²) in [5.41, 5.74) is 34.0. The van der Waals surface area contributed by atoms with Crippen LogP contribution in [0, 0.1) is 10.8 Å². The van der Waals surface area contributed by atoms with E-state index >= 15 is 0 Å². The third-order valence-electron chi connectivity index (χ3n) is 22.5. The minimum absolute atomic E-state index is 0.000846. The first-order valence-corrected chi connectivity index (χ1v) is 31.6. The number of hydrogen-bond donors (Lipinski definition) is 0. The maximum atomic E-state index is 3.40. The lowest BCUT2D eigenvalue weighted by molar-refractivity contribution is -0.0415. The molecule has 3 unspecified atom stereocenters. The summed E-state index contributed by atoms with van der Waals surface area (Å²) in [4.78, 5) is 8.26. The molecule has 1 saturated carbocycles. The molecule has 0 N–H and O–H groups in total. The molecule has 0 saturated heterocycles. The van der Waals surface area contributed by atoms with Crippen molar-refractivity contribution < 1.29 is 0 Å². The zero-order valence-electron chi connectivity index (χ0n) is 53.1. The van der Waals surface area contributed by atoms with Gasteiger partial charge in [-0.1, -0.05) is 218 Å². The molecule has 0 amide bonds. The van der Waals surface area contributed by atoms with Crippen molar-refractivity contribution in [2.75, 3.05) is 14.7 Å². The molecule has 426 valence electrons. The Bertz CT molecular complexity index is 4200. The van der Waals surface area contributed by atoms with Crippen molar-refractivity contribution in [2.45, 2.75) is 163 Å². The van der Waals surface area contributed by atoms with Gasteiger partial charge in [-0.05, 0) is 210 Å². The number of fused-ring (bicyclic) bond motifs is 8. The van der Waals surface area contributed by atoms with E-state index in [-0.39, 0.29) is 44.7 Å². The van der Waals surface area contributed by atoms with E-state index in [1.807, 2.05) is 6.08 Å². The SMILES string of the molecule is CC1CCC(C)(C)c2cc3c(cc21)N(c1ccc(C(C)(C)C)cc1C1=CC=C=C=C1)c1cc(N2c4ccc(C(C)(C)C)cc4C4(C)C(C)(C)CCC(C)(C)C24C)cc2c1B3c1cc(-c3ccccc3)ccc1N2c1ccc(-c2ccccc2)cc1. The Labute approximate surface area is 508 Å². The largest absolute Gasteiger partial charge is 0.334 e. The molecular formula is C81H84BN3. The van der Waals surface area contributed by atoms with Gasteiger partial charge in [0.05, 0.1) is 11.2 Å². The zero-order chi connectivity index (χ0) is 59.5. The summed E-state index contributed by atoms with van der Waals surface area (Å²) >= 11 is 0. The van der Waals surface area contributed by atoms with E-state index in [1.54, 1.807) is 0 Å². The predicted octanol–water partition coefficient (Wildman–Crippen LogP) is 20.2.